The Morgan fingerprint density at radius 1 is 1.16 bits per heavy atom. The number of para-hydroxylation sites is 2. The third-order valence-corrected chi connectivity index (χ3v) is 4.31. The van der Waals surface area contributed by atoms with Gasteiger partial charge < -0.3 is 10.6 Å². The highest BCUT2D eigenvalue weighted by Crippen LogP contribution is 2.34. The molecule has 0 bridgehead atoms. The lowest BCUT2D eigenvalue weighted by atomic mass is 9.98. The predicted molar refractivity (Wildman–Crippen MR) is 102 cm³/mol. The van der Waals surface area contributed by atoms with E-state index in [9.17, 15) is 9.59 Å². The smallest absolute Gasteiger partial charge is 0.252 e. The van der Waals surface area contributed by atoms with Crippen LogP contribution < -0.4 is 15.5 Å². The van der Waals surface area contributed by atoms with Gasteiger partial charge in [-0.05, 0) is 44.2 Å². The van der Waals surface area contributed by atoms with E-state index in [-0.39, 0.29) is 18.4 Å². The van der Waals surface area contributed by atoms with Gasteiger partial charge in [0.05, 0.1) is 11.4 Å². The van der Waals surface area contributed by atoms with Crippen molar-refractivity contribution in [2.45, 2.75) is 19.4 Å². The summed E-state index contributed by atoms with van der Waals surface area (Å²) >= 11 is 11.9. The minimum Gasteiger partial charge on any atom is -0.370 e. The van der Waals surface area contributed by atoms with Crippen molar-refractivity contribution in [1.29, 1.82) is 0 Å². The van der Waals surface area contributed by atoms with E-state index in [0.29, 0.717) is 21.4 Å². The third kappa shape index (κ3) is 3.72. The lowest BCUT2D eigenvalue weighted by molar-refractivity contribution is -0.124. The van der Waals surface area contributed by atoms with Crippen molar-refractivity contribution >= 4 is 52.1 Å². The molecule has 5 nitrogen and oxygen atoms in total. The van der Waals surface area contributed by atoms with Gasteiger partial charge in [-0.15, -0.1) is 0 Å². The molecule has 2 aromatic rings. The van der Waals surface area contributed by atoms with Gasteiger partial charge in [0, 0.05) is 15.7 Å². The van der Waals surface area contributed by atoms with Crippen molar-refractivity contribution in [3.05, 3.63) is 52.5 Å². The van der Waals surface area contributed by atoms with Crippen LogP contribution in [0.2, 0.25) is 10.0 Å². The number of halogens is 2. The molecule has 25 heavy (non-hydrogen) atoms. The number of fused-ring (bicyclic) bond motifs is 1. The van der Waals surface area contributed by atoms with E-state index >= 15 is 0 Å². The Balaban J connectivity index is 1.83. The van der Waals surface area contributed by atoms with E-state index in [1.165, 1.54) is 4.90 Å². The average molecular weight is 378 g/mol. The van der Waals surface area contributed by atoms with Gasteiger partial charge in [0.15, 0.2) is 0 Å². The van der Waals surface area contributed by atoms with Crippen molar-refractivity contribution < 1.29 is 9.59 Å². The fourth-order valence-corrected chi connectivity index (χ4v) is 3.30. The first-order chi connectivity index (χ1) is 11.8. The summed E-state index contributed by atoms with van der Waals surface area (Å²) in [5.74, 6) is -0.510. The summed E-state index contributed by atoms with van der Waals surface area (Å²) in [5.41, 5.74) is 1.17. The minimum atomic E-state index is -0.798. The largest absolute Gasteiger partial charge is 0.370 e. The molecule has 0 saturated carbocycles. The number of hydrogen-bond acceptors (Lipinski definition) is 3. The van der Waals surface area contributed by atoms with Crippen molar-refractivity contribution in [3.8, 4) is 0 Å². The van der Waals surface area contributed by atoms with Crippen molar-refractivity contribution in [2.24, 2.45) is 0 Å². The molecular formula is C18H17Cl2N3O2. The Kier molecular flexibility index (Phi) is 4.62. The maximum absolute atomic E-state index is 12.7. The maximum atomic E-state index is 12.7. The molecule has 0 saturated heterocycles. The van der Waals surface area contributed by atoms with E-state index in [4.69, 9.17) is 23.2 Å². The van der Waals surface area contributed by atoms with E-state index in [0.717, 1.165) is 5.69 Å². The van der Waals surface area contributed by atoms with Crippen LogP contribution in [0.1, 0.15) is 13.8 Å². The zero-order valence-corrected chi connectivity index (χ0v) is 15.3. The molecule has 0 unspecified atom stereocenters. The molecule has 0 atom stereocenters. The quantitative estimate of drug-likeness (QED) is 0.843. The second-order valence-electron chi connectivity index (χ2n) is 6.36. The molecule has 7 heteroatoms. The summed E-state index contributed by atoms with van der Waals surface area (Å²) in [5, 5.41) is 6.77. The fourth-order valence-electron chi connectivity index (χ4n) is 2.78. The van der Waals surface area contributed by atoms with E-state index in [1.807, 2.05) is 18.2 Å². The molecule has 1 aliphatic heterocycles. The first-order valence-electron chi connectivity index (χ1n) is 7.71. The SMILES string of the molecule is CC1(C)Nc2ccccc2N(CC(=O)Nc2cc(Cl)cc(Cl)c2)C1=O. The Labute approximate surface area is 155 Å². The first kappa shape index (κ1) is 17.6. The van der Waals surface area contributed by atoms with Gasteiger partial charge in [-0.1, -0.05) is 35.3 Å². The maximum Gasteiger partial charge on any atom is 0.252 e. The lowest BCUT2D eigenvalue weighted by Gasteiger charge is -2.39. The molecule has 2 N–H and O–H groups in total. The molecule has 3 rings (SSSR count). The van der Waals surface area contributed by atoms with Gasteiger partial charge in [0.2, 0.25) is 5.91 Å². The predicted octanol–water partition coefficient (Wildman–Crippen LogP) is 4.17. The Hall–Kier alpha value is -2.24. The summed E-state index contributed by atoms with van der Waals surface area (Å²) in [6, 6.07) is 12.2. The molecule has 2 aromatic carbocycles. The van der Waals surface area contributed by atoms with Crippen LogP contribution in [0, 0.1) is 0 Å². The van der Waals surface area contributed by atoms with Crippen LogP contribution in [0.15, 0.2) is 42.5 Å². The second-order valence-corrected chi connectivity index (χ2v) is 7.24. The van der Waals surface area contributed by atoms with Gasteiger partial charge in [-0.2, -0.15) is 0 Å². The number of benzene rings is 2. The topological polar surface area (TPSA) is 61.4 Å². The number of carbonyl (C=O) groups excluding carboxylic acids is 2. The number of rotatable bonds is 3. The number of nitrogens with one attached hydrogen (secondary N) is 2. The van der Waals surface area contributed by atoms with Crippen LogP contribution in [-0.4, -0.2) is 23.9 Å². The third-order valence-electron chi connectivity index (χ3n) is 3.87. The molecule has 0 aromatic heterocycles. The van der Waals surface area contributed by atoms with Crippen LogP contribution >= 0.6 is 23.2 Å². The zero-order chi connectivity index (χ0) is 18.2. The van der Waals surface area contributed by atoms with Gasteiger partial charge in [-0.3, -0.25) is 14.5 Å². The van der Waals surface area contributed by atoms with E-state index in [2.05, 4.69) is 10.6 Å². The van der Waals surface area contributed by atoms with Crippen LogP contribution in [0.3, 0.4) is 0 Å². The van der Waals surface area contributed by atoms with Crippen molar-refractivity contribution in [3.63, 3.8) is 0 Å². The second kappa shape index (κ2) is 6.58. The Bertz CT molecular complexity index is 832. The highest BCUT2D eigenvalue weighted by atomic mass is 35.5. The fraction of sp³-hybridized carbons (Fsp3) is 0.222. The standard InChI is InChI=1S/C18H17Cl2N3O2/c1-18(2)17(25)23(15-6-4-3-5-14(15)22-18)10-16(24)21-13-8-11(19)7-12(20)9-13/h3-9,22H,10H2,1-2H3,(H,21,24). The molecule has 2 amide bonds. The summed E-state index contributed by atoms with van der Waals surface area (Å²) < 4.78 is 0. The molecule has 1 heterocycles. The number of carbonyl (C=O) groups is 2. The molecule has 130 valence electrons. The Morgan fingerprint density at radius 2 is 1.80 bits per heavy atom. The molecule has 0 radical (unpaired) electrons. The average Bonchev–Trinajstić information content (AvgIpc) is 2.50. The van der Waals surface area contributed by atoms with Crippen molar-refractivity contribution in [1.82, 2.24) is 0 Å². The molecular weight excluding hydrogens is 361 g/mol. The molecule has 0 spiro atoms. The van der Waals surface area contributed by atoms with Crippen LogP contribution in [-0.2, 0) is 9.59 Å². The van der Waals surface area contributed by atoms with Crippen LogP contribution in [0.25, 0.3) is 0 Å². The Morgan fingerprint density at radius 3 is 2.48 bits per heavy atom. The van der Waals surface area contributed by atoms with E-state index < -0.39 is 5.54 Å². The zero-order valence-electron chi connectivity index (χ0n) is 13.8. The van der Waals surface area contributed by atoms with Gasteiger partial charge in [-0.25, -0.2) is 0 Å². The number of amides is 2. The summed E-state index contributed by atoms with van der Waals surface area (Å²) in [7, 11) is 0. The summed E-state index contributed by atoms with van der Waals surface area (Å²) in [6.07, 6.45) is 0. The number of anilines is 3. The van der Waals surface area contributed by atoms with Crippen molar-refractivity contribution in [2.75, 3.05) is 22.1 Å². The monoisotopic (exact) mass is 377 g/mol. The summed E-state index contributed by atoms with van der Waals surface area (Å²) in [4.78, 5) is 26.7. The van der Waals surface area contributed by atoms with Gasteiger partial charge in [0.1, 0.15) is 12.1 Å². The molecule has 0 fully saturated rings. The first-order valence-corrected chi connectivity index (χ1v) is 8.47. The van der Waals surface area contributed by atoms with Crippen LogP contribution in [0.5, 0.6) is 0 Å². The lowest BCUT2D eigenvalue weighted by Crippen LogP contribution is -2.55. The molecule has 1 aliphatic rings. The highest BCUT2D eigenvalue weighted by Gasteiger charge is 2.39. The van der Waals surface area contributed by atoms with Crippen LogP contribution in [0.4, 0.5) is 17.1 Å². The minimum absolute atomic E-state index is 0.106. The summed E-state index contributed by atoms with van der Waals surface area (Å²) in [6.45, 7) is 3.46. The number of nitrogens with zero attached hydrogens (tertiary/aromatic N) is 1. The molecule has 0 aliphatic carbocycles. The normalized spacial score (nSPS) is 15.4. The number of hydrogen-bond donors (Lipinski definition) is 2. The van der Waals surface area contributed by atoms with E-state index in [1.54, 1.807) is 38.1 Å². The highest BCUT2D eigenvalue weighted by molar-refractivity contribution is 6.35. The van der Waals surface area contributed by atoms with Gasteiger partial charge in [0.25, 0.3) is 5.91 Å². The van der Waals surface area contributed by atoms with Gasteiger partial charge >= 0.3 is 0 Å².